The van der Waals surface area contributed by atoms with Crippen molar-refractivity contribution in [2.24, 2.45) is 0 Å². The molecule has 358 valence electrons. The van der Waals surface area contributed by atoms with Crippen LogP contribution in [0.2, 0.25) is 0 Å². The largest absolute Gasteiger partial charge is 0.0713 e. The molecule has 14 aromatic rings. The van der Waals surface area contributed by atoms with Crippen LogP contribution in [0.5, 0.6) is 0 Å². The molecule has 0 nitrogen and oxygen atoms in total. The summed E-state index contributed by atoms with van der Waals surface area (Å²) in [4.78, 5) is 0. The Balaban J connectivity index is 0.845. The molecule has 0 spiro atoms. The van der Waals surface area contributed by atoms with Crippen LogP contribution in [0.1, 0.15) is 22.3 Å². The van der Waals surface area contributed by atoms with Crippen molar-refractivity contribution in [3.63, 3.8) is 0 Å². The maximum absolute atomic E-state index is 2.45. The highest BCUT2D eigenvalue weighted by molar-refractivity contribution is 6.22. The van der Waals surface area contributed by atoms with Crippen molar-refractivity contribution in [1.29, 1.82) is 0 Å². The smallest absolute Gasteiger partial charge is 0.0622 e. The average Bonchev–Trinajstić information content (AvgIpc) is 3.99. The Labute approximate surface area is 449 Å². The van der Waals surface area contributed by atoms with Gasteiger partial charge < -0.3 is 0 Å². The zero-order valence-corrected chi connectivity index (χ0v) is 42.4. The van der Waals surface area contributed by atoms with E-state index in [1.54, 1.807) is 0 Å². The van der Waals surface area contributed by atoms with Crippen molar-refractivity contribution in [3.05, 3.63) is 326 Å². The molecule has 1 aliphatic rings. The van der Waals surface area contributed by atoms with Crippen LogP contribution in [-0.2, 0) is 5.41 Å². The van der Waals surface area contributed by atoms with E-state index >= 15 is 0 Å². The summed E-state index contributed by atoms with van der Waals surface area (Å²) in [6.45, 7) is 0. The van der Waals surface area contributed by atoms with E-state index in [4.69, 9.17) is 0 Å². The average molecular weight is 975 g/mol. The Morgan fingerprint density at radius 2 is 0.416 bits per heavy atom. The predicted octanol–water partition coefficient (Wildman–Crippen LogP) is 20.7. The van der Waals surface area contributed by atoms with E-state index in [0.717, 1.165) is 0 Å². The van der Waals surface area contributed by atoms with Crippen molar-refractivity contribution in [3.8, 4) is 77.9 Å². The molecule has 77 heavy (non-hydrogen) atoms. The highest BCUT2D eigenvalue weighted by Gasteiger charge is 2.46. The molecule has 0 fully saturated rings. The fourth-order valence-electron chi connectivity index (χ4n) is 13.3. The quantitative estimate of drug-likeness (QED) is 0.133. The van der Waals surface area contributed by atoms with E-state index in [0.29, 0.717) is 0 Å². The monoisotopic (exact) mass is 974 g/mol. The van der Waals surface area contributed by atoms with Crippen molar-refractivity contribution >= 4 is 43.1 Å². The molecule has 14 aromatic carbocycles. The number of fused-ring (bicyclic) bond motifs is 7. The van der Waals surface area contributed by atoms with Gasteiger partial charge in [-0.05, 0) is 155 Å². The number of hydrogen-bond acceptors (Lipinski definition) is 0. The first kappa shape index (κ1) is 44.6. The van der Waals surface area contributed by atoms with Gasteiger partial charge in [0.05, 0.1) is 5.41 Å². The molecule has 0 atom stereocenters. The van der Waals surface area contributed by atoms with E-state index < -0.39 is 5.41 Å². The van der Waals surface area contributed by atoms with Crippen LogP contribution in [-0.4, -0.2) is 0 Å². The molecular formula is C77H50. The van der Waals surface area contributed by atoms with Crippen LogP contribution in [0, 0.1) is 0 Å². The van der Waals surface area contributed by atoms with Gasteiger partial charge in [-0.1, -0.05) is 291 Å². The van der Waals surface area contributed by atoms with E-state index in [1.807, 2.05) is 0 Å². The molecule has 0 aliphatic heterocycles. The maximum Gasteiger partial charge on any atom is 0.0713 e. The van der Waals surface area contributed by atoms with Gasteiger partial charge in [-0.2, -0.15) is 0 Å². The molecule has 1 aliphatic carbocycles. The fourth-order valence-corrected chi connectivity index (χ4v) is 13.3. The summed E-state index contributed by atoms with van der Waals surface area (Å²) in [6, 6.07) is 113. The SMILES string of the molecule is c1ccc(-c2c3ccccc3c(-c3ccc(-c4cccc(C5(c6cccc(-c7ccc(-c8c9ccccc9c(-c9ccccc9)c9ccccc89)cc7)c6)c6ccccc6-c6ccccc65)c4)cc3)c3ccccc23)cc1. The third-order valence-corrected chi connectivity index (χ3v) is 16.5. The Morgan fingerprint density at radius 1 is 0.169 bits per heavy atom. The summed E-state index contributed by atoms with van der Waals surface area (Å²) in [6.07, 6.45) is 0. The van der Waals surface area contributed by atoms with Gasteiger partial charge in [0, 0.05) is 0 Å². The third kappa shape index (κ3) is 7.07. The molecule has 0 amide bonds. The summed E-state index contributed by atoms with van der Waals surface area (Å²) < 4.78 is 0. The van der Waals surface area contributed by atoms with Gasteiger partial charge >= 0.3 is 0 Å². The Kier molecular flexibility index (Phi) is 10.5. The van der Waals surface area contributed by atoms with Gasteiger partial charge in [-0.25, -0.2) is 0 Å². The molecule has 0 heteroatoms. The van der Waals surface area contributed by atoms with Crippen LogP contribution in [0.25, 0.3) is 121 Å². The second-order valence-corrected chi connectivity index (χ2v) is 20.6. The lowest BCUT2D eigenvalue weighted by Crippen LogP contribution is -2.28. The molecule has 0 aromatic heterocycles. The van der Waals surface area contributed by atoms with Crippen LogP contribution in [0.3, 0.4) is 0 Å². The molecule has 0 bridgehead atoms. The van der Waals surface area contributed by atoms with Gasteiger partial charge in [-0.3, -0.25) is 0 Å². The summed E-state index contributed by atoms with van der Waals surface area (Å²) >= 11 is 0. The molecular weight excluding hydrogens is 925 g/mol. The minimum atomic E-state index is -0.574. The van der Waals surface area contributed by atoms with Crippen molar-refractivity contribution in [1.82, 2.24) is 0 Å². The first-order chi connectivity index (χ1) is 38.2. The van der Waals surface area contributed by atoms with E-state index in [1.165, 1.54) is 143 Å². The van der Waals surface area contributed by atoms with Crippen molar-refractivity contribution in [2.75, 3.05) is 0 Å². The first-order valence-corrected chi connectivity index (χ1v) is 26.8. The summed E-state index contributed by atoms with van der Waals surface area (Å²) in [5.74, 6) is 0. The van der Waals surface area contributed by atoms with Gasteiger partial charge in [0.1, 0.15) is 0 Å². The highest BCUT2D eigenvalue weighted by Crippen LogP contribution is 2.57. The third-order valence-electron chi connectivity index (χ3n) is 16.5. The van der Waals surface area contributed by atoms with E-state index in [9.17, 15) is 0 Å². The molecule has 0 heterocycles. The zero-order chi connectivity index (χ0) is 50.9. The van der Waals surface area contributed by atoms with Crippen molar-refractivity contribution < 1.29 is 0 Å². The van der Waals surface area contributed by atoms with Gasteiger partial charge in [0.15, 0.2) is 0 Å². The topological polar surface area (TPSA) is 0 Å². The molecule has 0 saturated heterocycles. The van der Waals surface area contributed by atoms with Gasteiger partial charge in [-0.15, -0.1) is 0 Å². The molecule has 0 saturated carbocycles. The highest BCUT2D eigenvalue weighted by atomic mass is 14.5. The first-order valence-electron chi connectivity index (χ1n) is 26.8. The zero-order valence-electron chi connectivity index (χ0n) is 42.4. The minimum Gasteiger partial charge on any atom is -0.0622 e. The molecule has 0 radical (unpaired) electrons. The maximum atomic E-state index is 2.45. The summed E-state index contributed by atoms with van der Waals surface area (Å²) in [5.41, 5.74) is 21.8. The Morgan fingerprint density at radius 3 is 0.740 bits per heavy atom. The van der Waals surface area contributed by atoms with E-state index in [2.05, 4.69) is 303 Å². The number of hydrogen-bond donors (Lipinski definition) is 0. The Bertz CT molecular complexity index is 4170. The van der Waals surface area contributed by atoms with Gasteiger partial charge in [0.25, 0.3) is 0 Å². The second-order valence-electron chi connectivity index (χ2n) is 20.6. The summed E-state index contributed by atoms with van der Waals surface area (Å²) in [5, 5.41) is 10.1. The van der Waals surface area contributed by atoms with E-state index in [-0.39, 0.29) is 0 Å². The van der Waals surface area contributed by atoms with Crippen LogP contribution < -0.4 is 0 Å². The van der Waals surface area contributed by atoms with Gasteiger partial charge in [0.2, 0.25) is 0 Å². The summed E-state index contributed by atoms with van der Waals surface area (Å²) in [7, 11) is 0. The van der Waals surface area contributed by atoms with Crippen LogP contribution in [0.15, 0.2) is 303 Å². The second kappa shape index (κ2) is 18.2. The molecule has 0 unspecified atom stereocenters. The standard InChI is InChI=1S/C77H50/c1-3-21-53(22-4-1)73-63-31-7-11-35-67(63)75(68-36-12-8-32-64(68)73)55-45-41-51(42-46-55)57-25-19-27-59(49-57)77(71-39-17-15-29-61(71)62-30-16-18-40-72(62)77)60-28-20-26-58(50-60)52-43-47-56(48-44-52)76-69-37-13-9-33-65(69)74(54-23-5-2-6-24-54)66-34-10-14-38-70(66)76/h1-50H. The van der Waals surface area contributed by atoms with Crippen LogP contribution >= 0.6 is 0 Å². The number of rotatable bonds is 8. The lowest BCUT2D eigenvalue weighted by Gasteiger charge is -2.34. The lowest BCUT2D eigenvalue weighted by atomic mass is 9.67. The lowest BCUT2D eigenvalue weighted by molar-refractivity contribution is 0.769. The normalized spacial score (nSPS) is 12.5. The fraction of sp³-hybridized carbons (Fsp3) is 0.0130. The van der Waals surface area contributed by atoms with Crippen molar-refractivity contribution in [2.45, 2.75) is 5.41 Å². The Hall–Kier alpha value is -9.88. The predicted molar refractivity (Wildman–Crippen MR) is 326 cm³/mol. The molecule has 0 N–H and O–H groups in total. The number of benzene rings is 14. The minimum absolute atomic E-state index is 0.574. The van der Waals surface area contributed by atoms with Crippen LogP contribution in [0.4, 0.5) is 0 Å². The molecule has 15 rings (SSSR count).